The van der Waals surface area contributed by atoms with Gasteiger partial charge in [0.25, 0.3) is 5.91 Å². The van der Waals surface area contributed by atoms with Crippen molar-refractivity contribution in [2.24, 2.45) is 0 Å². The van der Waals surface area contributed by atoms with Gasteiger partial charge in [-0.25, -0.2) is 4.98 Å². The van der Waals surface area contributed by atoms with Crippen LogP contribution in [0, 0.1) is 6.92 Å². The van der Waals surface area contributed by atoms with Gasteiger partial charge in [0.2, 0.25) is 0 Å². The van der Waals surface area contributed by atoms with Gasteiger partial charge >= 0.3 is 6.18 Å². The van der Waals surface area contributed by atoms with E-state index in [0.717, 1.165) is 17.7 Å². The Kier molecular flexibility index (Phi) is 6.52. The van der Waals surface area contributed by atoms with Gasteiger partial charge in [-0.2, -0.15) is 13.2 Å². The van der Waals surface area contributed by atoms with E-state index < -0.39 is 23.8 Å². The monoisotopic (exact) mass is 414 g/mol. The number of carbonyl (C=O) groups is 1. The molecule has 0 aliphatic heterocycles. The minimum Gasteiger partial charge on any atom is -0.378 e. The minimum absolute atomic E-state index is 0.157. The van der Waals surface area contributed by atoms with Crippen LogP contribution >= 0.6 is 0 Å². The number of amides is 1. The van der Waals surface area contributed by atoms with Crippen LogP contribution in [0.2, 0.25) is 0 Å². The summed E-state index contributed by atoms with van der Waals surface area (Å²) >= 11 is 0. The Labute approximate surface area is 172 Å². The molecule has 2 aromatic carbocycles. The number of aliphatic hydroxyl groups excluding tert-OH is 1. The molecule has 1 amide bonds. The fraction of sp³-hybridized carbons (Fsp3) is 0.217. The van der Waals surface area contributed by atoms with Crippen molar-refractivity contribution >= 4 is 11.7 Å². The lowest BCUT2D eigenvalue weighted by molar-refractivity contribution is -0.137. The molecule has 1 atom stereocenters. The third-order valence-electron chi connectivity index (χ3n) is 4.69. The molecule has 3 aromatic rings. The maximum Gasteiger partial charge on any atom is 0.416 e. The zero-order chi connectivity index (χ0) is 21.7. The fourth-order valence-electron chi connectivity index (χ4n) is 2.98. The van der Waals surface area contributed by atoms with Crippen molar-refractivity contribution in [2.45, 2.75) is 25.6 Å². The van der Waals surface area contributed by atoms with Crippen molar-refractivity contribution in [3.63, 3.8) is 0 Å². The molecule has 30 heavy (non-hydrogen) atoms. The van der Waals surface area contributed by atoms with Crippen molar-refractivity contribution in [3.05, 3.63) is 95.2 Å². The van der Waals surface area contributed by atoms with E-state index in [1.54, 1.807) is 48.7 Å². The summed E-state index contributed by atoms with van der Waals surface area (Å²) in [5.74, 6) is -0.183. The van der Waals surface area contributed by atoms with E-state index in [0.29, 0.717) is 23.4 Å². The topological polar surface area (TPSA) is 53.4 Å². The molecule has 1 heterocycles. The van der Waals surface area contributed by atoms with Crippen molar-refractivity contribution in [3.8, 4) is 0 Å². The fourth-order valence-corrected chi connectivity index (χ4v) is 2.98. The first-order valence-electron chi connectivity index (χ1n) is 9.39. The molecule has 0 unspecified atom stereocenters. The summed E-state index contributed by atoms with van der Waals surface area (Å²) in [5.41, 5.74) is 1.28. The molecule has 0 bridgehead atoms. The number of carbonyl (C=O) groups excluding carboxylic acids is 1. The van der Waals surface area contributed by atoms with Crippen LogP contribution in [0.5, 0.6) is 0 Å². The number of nitrogens with zero attached hydrogens (tertiary/aromatic N) is 2. The Morgan fingerprint density at radius 1 is 1.03 bits per heavy atom. The molecule has 0 aliphatic rings. The average molecular weight is 414 g/mol. The number of halogens is 3. The molecule has 4 nitrogen and oxygen atoms in total. The molecule has 0 spiro atoms. The summed E-state index contributed by atoms with van der Waals surface area (Å²) in [7, 11) is 0. The molecule has 156 valence electrons. The lowest BCUT2D eigenvalue weighted by Crippen LogP contribution is -2.37. The minimum atomic E-state index is -4.40. The zero-order valence-electron chi connectivity index (χ0n) is 16.3. The van der Waals surface area contributed by atoms with Gasteiger partial charge in [0.1, 0.15) is 5.82 Å². The van der Waals surface area contributed by atoms with Gasteiger partial charge in [0, 0.05) is 12.7 Å². The number of aryl methyl sites for hydroxylation is 1. The highest BCUT2D eigenvalue weighted by Gasteiger charge is 2.30. The summed E-state index contributed by atoms with van der Waals surface area (Å²) < 4.78 is 38.3. The second-order valence-corrected chi connectivity index (χ2v) is 6.94. The zero-order valence-corrected chi connectivity index (χ0v) is 16.3. The number of aliphatic hydroxyl groups is 1. The first-order valence-corrected chi connectivity index (χ1v) is 9.39. The van der Waals surface area contributed by atoms with Crippen molar-refractivity contribution in [2.75, 3.05) is 11.4 Å². The molecule has 3 rings (SSSR count). The number of alkyl halides is 3. The van der Waals surface area contributed by atoms with Gasteiger partial charge < -0.3 is 5.11 Å². The summed E-state index contributed by atoms with van der Waals surface area (Å²) in [6.07, 6.45) is -3.85. The molecular weight excluding hydrogens is 393 g/mol. The Bertz CT molecular complexity index is 972. The maximum atomic E-state index is 13.0. The van der Waals surface area contributed by atoms with E-state index in [9.17, 15) is 23.1 Å². The molecule has 1 aromatic heterocycles. The van der Waals surface area contributed by atoms with Crippen LogP contribution in [0.4, 0.5) is 19.0 Å². The third kappa shape index (κ3) is 5.24. The average Bonchev–Trinajstić information content (AvgIpc) is 2.74. The van der Waals surface area contributed by atoms with Crippen molar-refractivity contribution < 1.29 is 23.1 Å². The molecule has 7 heteroatoms. The molecule has 0 fully saturated rings. The summed E-state index contributed by atoms with van der Waals surface area (Å²) in [4.78, 5) is 18.7. The second kappa shape index (κ2) is 9.09. The smallest absolute Gasteiger partial charge is 0.378 e. The Morgan fingerprint density at radius 3 is 2.27 bits per heavy atom. The number of rotatable bonds is 6. The molecule has 1 N–H and O–H groups in total. The normalized spacial score (nSPS) is 12.4. The summed E-state index contributed by atoms with van der Waals surface area (Å²) in [6, 6.07) is 16.8. The number of aromatic nitrogens is 1. The molecular formula is C23H21F3N2O2. The van der Waals surface area contributed by atoms with E-state index >= 15 is 0 Å². The van der Waals surface area contributed by atoms with Gasteiger partial charge in [-0.05, 0) is 48.2 Å². The van der Waals surface area contributed by atoms with Gasteiger partial charge in [-0.1, -0.05) is 48.5 Å². The van der Waals surface area contributed by atoms with Gasteiger partial charge in [0.05, 0.1) is 5.56 Å². The largest absolute Gasteiger partial charge is 0.416 e. The lowest BCUT2D eigenvalue weighted by Gasteiger charge is -2.25. The van der Waals surface area contributed by atoms with E-state index in [4.69, 9.17) is 0 Å². The van der Waals surface area contributed by atoms with Crippen molar-refractivity contribution in [1.82, 2.24) is 4.98 Å². The number of hydrogen-bond donors (Lipinski definition) is 1. The molecule has 0 aliphatic carbocycles. The van der Waals surface area contributed by atoms with E-state index in [2.05, 4.69) is 4.98 Å². The molecule has 0 radical (unpaired) electrons. The lowest BCUT2D eigenvalue weighted by atomic mass is 10.1. The number of anilines is 1. The number of benzene rings is 2. The maximum absolute atomic E-state index is 13.0. The van der Waals surface area contributed by atoms with Crippen LogP contribution in [0.25, 0.3) is 0 Å². The highest BCUT2D eigenvalue weighted by atomic mass is 19.4. The Morgan fingerprint density at radius 2 is 1.70 bits per heavy atom. The van der Waals surface area contributed by atoms with Gasteiger partial charge in [-0.3, -0.25) is 9.69 Å². The van der Waals surface area contributed by atoms with E-state index in [1.165, 1.54) is 17.0 Å². The quantitative estimate of drug-likeness (QED) is 0.635. The van der Waals surface area contributed by atoms with E-state index in [1.807, 2.05) is 6.92 Å². The highest BCUT2D eigenvalue weighted by Crippen LogP contribution is 2.29. The van der Waals surface area contributed by atoms with E-state index in [-0.39, 0.29) is 6.54 Å². The predicted molar refractivity (Wildman–Crippen MR) is 108 cm³/mol. The van der Waals surface area contributed by atoms with Crippen LogP contribution in [0.1, 0.15) is 28.4 Å². The Hall–Kier alpha value is -3.19. The van der Waals surface area contributed by atoms with Gasteiger partial charge in [0.15, 0.2) is 6.10 Å². The van der Waals surface area contributed by atoms with Crippen LogP contribution in [0.15, 0.2) is 72.9 Å². The standard InChI is InChI=1S/C23H21F3N2O2/c1-16-7-12-20(27-15-16)28(22(30)21(29)18-5-3-2-4-6-18)14-13-17-8-10-19(11-9-17)23(24,25)26/h2-12,15,21,29H,13-14H2,1H3/t21-/m1/s1. The van der Waals surface area contributed by atoms with Crippen LogP contribution in [-0.2, 0) is 17.4 Å². The van der Waals surface area contributed by atoms with Crippen LogP contribution < -0.4 is 4.90 Å². The number of hydrogen-bond acceptors (Lipinski definition) is 3. The summed E-state index contributed by atoms with van der Waals surface area (Å²) in [5, 5.41) is 10.6. The number of pyridine rings is 1. The first-order chi connectivity index (χ1) is 14.3. The first kappa shape index (κ1) is 21.5. The SMILES string of the molecule is Cc1ccc(N(CCc2ccc(C(F)(F)F)cc2)C(=O)[C@H](O)c2ccccc2)nc1. The Balaban J connectivity index is 1.81. The van der Waals surface area contributed by atoms with Gasteiger partial charge in [-0.15, -0.1) is 0 Å². The second-order valence-electron chi connectivity index (χ2n) is 6.94. The van der Waals surface area contributed by atoms with Crippen LogP contribution in [-0.4, -0.2) is 22.5 Å². The predicted octanol–water partition coefficient (Wildman–Crippen LogP) is 4.72. The summed E-state index contributed by atoms with van der Waals surface area (Å²) in [6.45, 7) is 2.02. The third-order valence-corrected chi connectivity index (χ3v) is 4.69. The highest BCUT2D eigenvalue weighted by molar-refractivity contribution is 5.96. The van der Waals surface area contributed by atoms with Crippen molar-refractivity contribution in [1.29, 1.82) is 0 Å². The molecule has 0 saturated heterocycles. The molecule has 0 saturated carbocycles. The van der Waals surface area contributed by atoms with Crippen LogP contribution in [0.3, 0.4) is 0 Å².